The molecule has 34 heavy (non-hydrogen) atoms. The second-order valence-electron chi connectivity index (χ2n) is 8.04. The molecule has 0 radical (unpaired) electrons. The van der Waals surface area contributed by atoms with Crippen LogP contribution in [0.3, 0.4) is 0 Å². The van der Waals surface area contributed by atoms with Crippen molar-refractivity contribution < 1.29 is 23.9 Å². The third kappa shape index (κ3) is 3.84. The molecule has 7 nitrogen and oxygen atoms in total. The molecular formula is C26H19ClN2O5. The highest BCUT2D eigenvalue weighted by molar-refractivity contribution is 6.35. The van der Waals surface area contributed by atoms with Crippen molar-refractivity contribution in [1.29, 1.82) is 0 Å². The van der Waals surface area contributed by atoms with Gasteiger partial charge in [0.1, 0.15) is 0 Å². The van der Waals surface area contributed by atoms with Crippen LogP contribution in [0.4, 0.5) is 11.4 Å². The summed E-state index contributed by atoms with van der Waals surface area (Å²) in [6, 6.07) is 18.1. The molecule has 3 aromatic carbocycles. The van der Waals surface area contributed by atoms with Gasteiger partial charge in [0.2, 0.25) is 0 Å². The first kappa shape index (κ1) is 21.9. The summed E-state index contributed by atoms with van der Waals surface area (Å²) < 4.78 is 5.25. The lowest BCUT2D eigenvalue weighted by Gasteiger charge is -2.29. The molecular weight excluding hydrogens is 456 g/mol. The summed E-state index contributed by atoms with van der Waals surface area (Å²) in [5.41, 5.74) is 2.68. The number of halogens is 1. The number of hydrogen-bond acceptors (Lipinski definition) is 5. The van der Waals surface area contributed by atoms with Crippen molar-refractivity contribution in [3.8, 4) is 0 Å². The quantitative estimate of drug-likeness (QED) is 0.416. The van der Waals surface area contributed by atoms with Crippen molar-refractivity contribution in [2.24, 2.45) is 0 Å². The Kier molecular flexibility index (Phi) is 5.63. The summed E-state index contributed by atoms with van der Waals surface area (Å²) in [5, 5.41) is 0.480. The van der Waals surface area contributed by atoms with E-state index in [-0.39, 0.29) is 22.6 Å². The van der Waals surface area contributed by atoms with Gasteiger partial charge in [0.15, 0.2) is 6.61 Å². The number of carbonyl (C=O) groups is 4. The van der Waals surface area contributed by atoms with Crippen LogP contribution in [0.25, 0.3) is 0 Å². The summed E-state index contributed by atoms with van der Waals surface area (Å²) in [5.74, 6) is -2.09. The van der Waals surface area contributed by atoms with Gasteiger partial charge in [-0.15, -0.1) is 0 Å². The van der Waals surface area contributed by atoms with Crippen LogP contribution in [0.2, 0.25) is 5.02 Å². The third-order valence-corrected chi connectivity index (χ3v) is 6.20. The minimum Gasteiger partial charge on any atom is -0.452 e. The monoisotopic (exact) mass is 474 g/mol. The van der Waals surface area contributed by atoms with E-state index in [2.05, 4.69) is 0 Å². The van der Waals surface area contributed by atoms with Gasteiger partial charge in [0.25, 0.3) is 17.7 Å². The number of esters is 1. The molecule has 3 aromatic rings. The number of fused-ring (bicyclic) bond motifs is 2. The highest BCUT2D eigenvalue weighted by Crippen LogP contribution is 2.30. The molecule has 5 rings (SSSR count). The normalized spacial score (nSPS) is 14.6. The van der Waals surface area contributed by atoms with E-state index in [0.29, 0.717) is 17.3 Å². The molecule has 8 heteroatoms. The number of nitrogens with zero attached hydrogens (tertiary/aromatic N) is 2. The lowest BCUT2D eigenvalue weighted by Crippen LogP contribution is -2.38. The van der Waals surface area contributed by atoms with Gasteiger partial charge < -0.3 is 9.64 Å². The minimum atomic E-state index is -0.744. The molecule has 3 amide bonds. The average molecular weight is 475 g/mol. The summed E-state index contributed by atoms with van der Waals surface area (Å²) >= 11 is 5.90. The van der Waals surface area contributed by atoms with E-state index in [1.54, 1.807) is 29.2 Å². The fourth-order valence-corrected chi connectivity index (χ4v) is 4.40. The number of imide groups is 1. The van der Waals surface area contributed by atoms with Crippen LogP contribution in [-0.4, -0.2) is 36.8 Å². The molecule has 2 heterocycles. The van der Waals surface area contributed by atoms with Crippen LogP contribution in [-0.2, 0) is 16.0 Å². The molecule has 2 aliphatic heterocycles. The number of hydrogen-bond donors (Lipinski definition) is 0. The second kappa shape index (κ2) is 8.76. The van der Waals surface area contributed by atoms with Crippen LogP contribution in [0.15, 0.2) is 66.7 Å². The highest BCUT2D eigenvalue weighted by atomic mass is 35.5. The molecule has 2 aliphatic rings. The Morgan fingerprint density at radius 3 is 2.44 bits per heavy atom. The zero-order chi connectivity index (χ0) is 23.8. The maximum atomic E-state index is 12.9. The standard InChI is InChI=1S/C26H19ClN2O5/c27-18-8-10-19(11-9-18)29-24(31)20-12-7-17(14-21(20)25(29)32)26(33)34-15-23(30)28-13-3-5-16-4-1-2-6-22(16)28/h1-2,4,6-12,14H,3,5,13,15H2. The van der Waals surface area contributed by atoms with E-state index in [1.807, 2.05) is 24.3 Å². The van der Waals surface area contributed by atoms with Crippen LogP contribution < -0.4 is 9.80 Å². The fraction of sp³-hybridized carbons (Fsp3) is 0.154. The van der Waals surface area contributed by atoms with Crippen molar-refractivity contribution in [3.05, 3.63) is 94.0 Å². The Morgan fingerprint density at radius 1 is 0.912 bits per heavy atom. The maximum Gasteiger partial charge on any atom is 0.338 e. The second-order valence-corrected chi connectivity index (χ2v) is 8.47. The zero-order valence-corrected chi connectivity index (χ0v) is 18.7. The SMILES string of the molecule is O=C(OCC(=O)N1CCCc2ccccc21)c1ccc2c(c1)C(=O)N(c1ccc(Cl)cc1)C2=O. The Labute approximate surface area is 200 Å². The molecule has 0 aromatic heterocycles. The lowest BCUT2D eigenvalue weighted by atomic mass is 10.0. The van der Waals surface area contributed by atoms with Gasteiger partial charge in [-0.2, -0.15) is 0 Å². The first-order valence-corrected chi connectivity index (χ1v) is 11.2. The zero-order valence-electron chi connectivity index (χ0n) is 18.0. The predicted octanol–water partition coefficient (Wildman–Crippen LogP) is 4.28. The molecule has 0 saturated carbocycles. The number of para-hydroxylation sites is 1. The topological polar surface area (TPSA) is 84.0 Å². The van der Waals surface area contributed by atoms with Crippen molar-refractivity contribution in [1.82, 2.24) is 0 Å². The number of carbonyl (C=O) groups excluding carboxylic acids is 4. The molecule has 0 unspecified atom stereocenters. The van der Waals surface area contributed by atoms with Crippen LogP contribution in [0.5, 0.6) is 0 Å². The van der Waals surface area contributed by atoms with Crippen LogP contribution >= 0.6 is 11.6 Å². The van der Waals surface area contributed by atoms with E-state index in [1.165, 1.54) is 18.2 Å². The van der Waals surface area contributed by atoms with E-state index >= 15 is 0 Å². The molecule has 0 aliphatic carbocycles. The molecule has 0 N–H and O–H groups in total. The van der Waals surface area contributed by atoms with Gasteiger partial charge in [-0.3, -0.25) is 14.4 Å². The Morgan fingerprint density at radius 2 is 1.65 bits per heavy atom. The first-order valence-electron chi connectivity index (χ1n) is 10.8. The lowest BCUT2D eigenvalue weighted by molar-refractivity contribution is -0.121. The summed E-state index contributed by atoms with van der Waals surface area (Å²) in [4.78, 5) is 53.7. The number of aryl methyl sites for hydroxylation is 1. The Hall–Kier alpha value is -3.97. The van der Waals surface area contributed by atoms with E-state index in [9.17, 15) is 19.2 Å². The number of amides is 3. The smallest absolute Gasteiger partial charge is 0.338 e. The minimum absolute atomic E-state index is 0.0877. The fourth-order valence-electron chi connectivity index (χ4n) is 4.27. The Balaban J connectivity index is 1.30. The van der Waals surface area contributed by atoms with Gasteiger partial charge in [-0.05, 0) is 66.9 Å². The third-order valence-electron chi connectivity index (χ3n) is 5.95. The average Bonchev–Trinajstić information content (AvgIpc) is 3.11. The van der Waals surface area contributed by atoms with Crippen molar-refractivity contribution in [2.75, 3.05) is 23.0 Å². The summed E-state index contributed by atoms with van der Waals surface area (Å²) in [6.45, 7) is 0.136. The highest BCUT2D eigenvalue weighted by Gasteiger charge is 2.37. The van der Waals surface area contributed by atoms with E-state index < -0.39 is 24.4 Å². The van der Waals surface area contributed by atoms with Gasteiger partial charge in [0.05, 0.1) is 22.4 Å². The van der Waals surface area contributed by atoms with E-state index in [0.717, 1.165) is 29.0 Å². The Bertz CT molecular complexity index is 1340. The largest absolute Gasteiger partial charge is 0.452 e. The van der Waals surface area contributed by atoms with Crippen LogP contribution in [0, 0.1) is 0 Å². The molecule has 0 fully saturated rings. The molecule has 0 bridgehead atoms. The number of anilines is 2. The first-order chi connectivity index (χ1) is 16.4. The maximum absolute atomic E-state index is 12.9. The van der Waals surface area contributed by atoms with Crippen molar-refractivity contribution in [2.45, 2.75) is 12.8 Å². The number of ether oxygens (including phenoxy) is 1. The van der Waals surface area contributed by atoms with Gasteiger partial charge >= 0.3 is 5.97 Å². The molecule has 0 spiro atoms. The van der Waals surface area contributed by atoms with Crippen LogP contribution in [0.1, 0.15) is 43.1 Å². The summed E-state index contributed by atoms with van der Waals surface area (Å²) in [6.07, 6.45) is 1.73. The number of rotatable bonds is 4. The van der Waals surface area contributed by atoms with Gasteiger partial charge in [0, 0.05) is 17.3 Å². The number of benzene rings is 3. The van der Waals surface area contributed by atoms with Crippen molar-refractivity contribution in [3.63, 3.8) is 0 Å². The summed E-state index contributed by atoms with van der Waals surface area (Å²) in [7, 11) is 0. The van der Waals surface area contributed by atoms with E-state index in [4.69, 9.17) is 16.3 Å². The molecule has 0 atom stereocenters. The van der Waals surface area contributed by atoms with Gasteiger partial charge in [-0.25, -0.2) is 9.69 Å². The predicted molar refractivity (Wildman–Crippen MR) is 126 cm³/mol. The molecule has 0 saturated heterocycles. The molecule has 170 valence electrons. The van der Waals surface area contributed by atoms with Crippen molar-refractivity contribution >= 4 is 46.7 Å². The van der Waals surface area contributed by atoms with Gasteiger partial charge in [-0.1, -0.05) is 29.8 Å².